The van der Waals surface area contributed by atoms with Crippen LogP contribution in [0.25, 0.3) is 22.0 Å². The largest absolute Gasteiger partial charge is 0.487 e. The van der Waals surface area contributed by atoms with Crippen LogP contribution in [0.2, 0.25) is 0 Å². The number of halogens is 1. The van der Waals surface area contributed by atoms with Crippen LogP contribution in [-0.2, 0) is 4.74 Å². The summed E-state index contributed by atoms with van der Waals surface area (Å²) in [6.07, 6.45) is -0.131. The number of hydrogen-bond donors (Lipinski definition) is 0. The zero-order chi connectivity index (χ0) is 22.9. The third-order valence-corrected chi connectivity index (χ3v) is 5.61. The molecule has 32 heavy (non-hydrogen) atoms. The van der Waals surface area contributed by atoms with Crippen molar-refractivity contribution in [1.29, 1.82) is 0 Å². The van der Waals surface area contributed by atoms with Gasteiger partial charge in [0.15, 0.2) is 6.17 Å². The molecule has 2 atom stereocenters. The quantitative estimate of drug-likeness (QED) is 0.510. The fourth-order valence-electron chi connectivity index (χ4n) is 4.00. The number of fused-ring (bicyclic) bond motifs is 1. The minimum atomic E-state index is -1.27. The first-order valence-electron chi connectivity index (χ1n) is 10.9. The maximum atomic E-state index is 14.7. The smallest absolute Gasteiger partial charge is 0.410 e. The number of carbonyl (C=O) groups excluding carboxylic acids is 1. The van der Waals surface area contributed by atoms with E-state index in [9.17, 15) is 9.18 Å². The molecule has 0 spiro atoms. The molecule has 0 aliphatic carbocycles. The molecule has 3 aromatic rings. The molecule has 1 saturated heterocycles. The van der Waals surface area contributed by atoms with Crippen molar-refractivity contribution in [1.82, 2.24) is 9.88 Å². The number of benzene rings is 2. The molecule has 6 heteroatoms. The van der Waals surface area contributed by atoms with Crippen molar-refractivity contribution in [2.24, 2.45) is 0 Å². The molecule has 5 nitrogen and oxygen atoms in total. The molecule has 1 fully saturated rings. The Bertz CT molecular complexity index is 1110. The van der Waals surface area contributed by atoms with E-state index in [1.807, 2.05) is 30.3 Å². The van der Waals surface area contributed by atoms with E-state index in [4.69, 9.17) is 9.47 Å². The Morgan fingerprint density at radius 3 is 2.56 bits per heavy atom. The van der Waals surface area contributed by atoms with E-state index in [1.54, 1.807) is 27.0 Å². The summed E-state index contributed by atoms with van der Waals surface area (Å²) in [5.41, 5.74) is 3.67. The molecule has 1 aromatic heterocycles. The van der Waals surface area contributed by atoms with Gasteiger partial charge in [0.1, 0.15) is 17.5 Å². The van der Waals surface area contributed by atoms with E-state index < -0.39 is 24.0 Å². The van der Waals surface area contributed by atoms with Gasteiger partial charge in [0.05, 0.1) is 12.1 Å². The van der Waals surface area contributed by atoms with Gasteiger partial charge in [-0.05, 0) is 62.6 Å². The third-order valence-electron chi connectivity index (χ3n) is 5.61. The topological polar surface area (TPSA) is 51.7 Å². The Morgan fingerprint density at radius 2 is 1.88 bits per heavy atom. The first-order chi connectivity index (χ1) is 15.2. The molecular weight excluding hydrogens is 407 g/mol. The van der Waals surface area contributed by atoms with Crippen molar-refractivity contribution in [2.75, 3.05) is 13.1 Å². The van der Waals surface area contributed by atoms with Crippen molar-refractivity contribution in [2.45, 2.75) is 52.0 Å². The number of alkyl halides is 1. The summed E-state index contributed by atoms with van der Waals surface area (Å²) >= 11 is 0. The first-order valence-corrected chi connectivity index (χ1v) is 10.9. The van der Waals surface area contributed by atoms with Crippen molar-refractivity contribution < 1.29 is 18.7 Å². The highest BCUT2D eigenvalue weighted by Gasteiger charge is 2.34. The van der Waals surface area contributed by atoms with Crippen LogP contribution in [0.15, 0.2) is 54.7 Å². The lowest BCUT2D eigenvalue weighted by molar-refractivity contribution is -0.0105. The molecule has 1 amide bonds. The standard InChI is InChI=1S/C26H29FN2O3/c1-17-21(12-9-19-6-5-14-28-24(17)19)18-7-10-20(11-8-18)31-23-13-15-29(16-22(23)27)25(30)32-26(2,3)4/h5-12,14,22-23H,13,15-16H2,1-4H3/t22-,23+/m1/s1. The van der Waals surface area contributed by atoms with Crippen LogP contribution < -0.4 is 4.74 Å². The Labute approximate surface area is 188 Å². The van der Waals surface area contributed by atoms with Crippen molar-refractivity contribution in [3.05, 3.63) is 60.3 Å². The monoisotopic (exact) mass is 436 g/mol. The number of hydrogen-bond acceptors (Lipinski definition) is 4. The zero-order valence-corrected chi connectivity index (χ0v) is 19.0. The summed E-state index contributed by atoms with van der Waals surface area (Å²) in [5.74, 6) is 0.615. The number of piperidine rings is 1. The Balaban J connectivity index is 1.42. The van der Waals surface area contributed by atoms with Gasteiger partial charge in [-0.1, -0.05) is 30.3 Å². The zero-order valence-electron chi connectivity index (χ0n) is 19.0. The molecule has 0 unspecified atom stereocenters. The predicted molar refractivity (Wildman–Crippen MR) is 124 cm³/mol. The molecule has 1 aliphatic rings. The molecule has 0 saturated carbocycles. The lowest BCUT2D eigenvalue weighted by Gasteiger charge is -2.35. The molecular formula is C26H29FN2O3. The number of aromatic nitrogens is 1. The summed E-state index contributed by atoms with van der Waals surface area (Å²) in [6, 6.07) is 15.8. The number of rotatable bonds is 3. The van der Waals surface area contributed by atoms with E-state index in [2.05, 4.69) is 30.1 Å². The third kappa shape index (κ3) is 4.85. The fourth-order valence-corrected chi connectivity index (χ4v) is 4.00. The maximum absolute atomic E-state index is 14.7. The minimum Gasteiger partial charge on any atom is -0.487 e. The summed E-state index contributed by atoms with van der Waals surface area (Å²) in [7, 11) is 0. The minimum absolute atomic E-state index is 0.0268. The van der Waals surface area contributed by atoms with E-state index in [0.29, 0.717) is 18.7 Å². The predicted octanol–water partition coefficient (Wildman–Crippen LogP) is 5.94. The van der Waals surface area contributed by atoms with Gasteiger partial charge < -0.3 is 14.4 Å². The first kappa shape index (κ1) is 22.1. The van der Waals surface area contributed by atoms with Crippen LogP contribution in [-0.4, -0.2) is 46.9 Å². The molecule has 4 rings (SSSR count). The molecule has 0 N–H and O–H groups in total. The highest BCUT2D eigenvalue weighted by atomic mass is 19.1. The van der Waals surface area contributed by atoms with Gasteiger partial charge in [0.2, 0.25) is 0 Å². The Kier molecular flexibility index (Phi) is 6.04. The number of carbonyl (C=O) groups is 1. The summed E-state index contributed by atoms with van der Waals surface area (Å²) < 4.78 is 26.0. The summed E-state index contributed by atoms with van der Waals surface area (Å²) in [5, 5.41) is 1.11. The average molecular weight is 437 g/mol. The lowest BCUT2D eigenvalue weighted by atomic mass is 9.98. The van der Waals surface area contributed by atoms with Crippen LogP contribution >= 0.6 is 0 Å². The van der Waals surface area contributed by atoms with Crippen LogP contribution in [0.5, 0.6) is 5.75 Å². The number of pyridine rings is 1. The highest BCUT2D eigenvalue weighted by molar-refractivity contribution is 5.88. The Hall–Kier alpha value is -3.15. The molecule has 2 heterocycles. The maximum Gasteiger partial charge on any atom is 0.410 e. The van der Waals surface area contributed by atoms with E-state index in [1.165, 1.54) is 4.90 Å². The number of ether oxygens (including phenoxy) is 2. The van der Waals surface area contributed by atoms with Gasteiger partial charge in [0, 0.05) is 24.5 Å². The molecule has 168 valence electrons. The van der Waals surface area contributed by atoms with E-state index >= 15 is 0 Å². The van der Waals surface area contributed by atoms with Gasteiger partial charge in [-0.25, -0.2) is 9.18 Å². The van der Waals surface area contributed by atoms with Crippen molar-refractivity contribution >= 4 is 17.0 Å². The molecule has 1 aliphatic heterocycles. The normalized spacial score (nSPS) is 19.1. The number of aryl methyl sites for hydroxylation is 1. The van der Waals surface area contributed by atoms with Crippen molar-refractivity contribution in [3.8, 4) is 16.9 Å². The van der Waals surface area contributed by atoms with Crippen LogP contribution in [0.1, 0.15) is 32.8 Å². The van der Waals surface area contributed by atoms with Crippen LogP contribution in [0.4, 0.5) is 9.18 Å². The summed E-state index contributed by atoms with van der Waals surface area (Å²) in [4.78, 5) is 18.1. The lowest BCUT2D eigenvalue weighted by Crippen LogP contribution is -2.50. The van der Waals surface area contributed by atoms with Gasteiger partial charge in [-0.3, -0.25) is 4.98 Å². The van der Waals surface area contributed by atoms with E-state index in [-0.39, 0.29) is 6.54 Å². The fraction of sp³-hybridized carbons (Fsp3) is 0.385. The molecule has 0 radical (unpaired) electrons. The van der Waals surface area contributed by atoms with Gasteiger partial charge in [-0.15, -0.1) is 0 Å². The second-order valence-corrected chi connectivity index (χ2v) is 9.22. The van der Waals surface area contributed by atoms with Gasteiger partial charge in [0.25, 0.3) is 0 Å². The van der Waals surface area contributed by atoms with E-state index in [0.717, 1.165) is 27.6 Å². The second-order valence-electron chi connectivity index (χ2n) is 9.22. The molecule has 2 aromatic carbocycles. The molecule has 0 bridgehead atoms. The second kappa shape index (κ2) is 8.77. The number of amides is 1. The highest BCUT2D eigenvalue weighted by Crippen LogP contribution is 2.30. The number of likely N-dealkylation sites (tertiary alicyclic amines) is 1. The van der Waals surface area contributed by atoms with Gasteiger partial charge in [-0.2, -0.15) is 0 Å². The van der Waals surface area contributed by atoms with Crippen LogP contribution in [0.3, 0.4) is 0 Å². The SMILES string of the molecule is Cc1c(-c2ccc(O[C@H]3CCN(C(=O)OC(C)(C)C)C[C@H]3F)cc2)ccc2cccnc12. The number of nitrogens with zero attached hydrogens (tertiary/aromatic N) is 2. The van der Waals surface area contributed by atoms with Gasteiger partial charge >= 0.3 is 6.09 Å². The van der Waals surface area contributed by atoms with Crippen LogP contribution in [0, 0.1) is 6.92 Å². The summed E-state index contributed by atoms with van der Waals surface area (Å²) in [6.45, 7) is 7.84. The average Bonchev–Trinajstić information content (AvgIpc) is 2.75. The Morgan fingerprint density at radius 1 is 1.12 bits per heavy atom. The van der Waals surface area contributed by atoms with Crippen molar-refractivity contribution in [3.63, 3.8) is 0 Å².